The first kappa shape index (κ1) is 31.6. The third-order valence-electron chi connectivity index (χ3n) is 10.3. The van der Waals surface area contributed by atoms with E-state index in [9.17, 15) is 22.8 Å². The van der Waals surface area contributed by atoms with Gasteiger partial charge in [0.15, 0.2) is 0 Å². The molecule has 13 heteroatoms. The van der Waals surface area contributed by atoms with E-state index in [1.807, 2.05) is 18.2 Å². The summed E-state index contributed by atoms with van der Waals surface area (Å²) >= 11 is 0. The number of rotatable bonds is 6. The smallest absolute Gasteiger partial charge is 0.312 e. The Bertz CT molecular complexity index is 1870. The molecule has 1 saturated heterocycles. The third kappa shape index (κ3) is 5.57. The first-order valence-corrected chi connectivity index (χ1v) is 17.8. The lowest BCUT2D eigenvalue weighted by Gasteiger charge is -2.27. The fraction of sp³-hybridized carbons (Fsp3) is 0.500. The number of nitrogens with one attached hydrogen (secondary N) is 2. The molecule has 2 N–H and O–H groups in total. The molecule has 3 aromatic rings. The molecule has 1 aromatic heterocycles. The minimum atomic E-state index is -4.00. The molecule has 2 saturated carbocycles. The molecule has 0 bridgehead atoms. The van der Waals surface area contributed by atoms with Crippen LogP contribution in [-0.2, 0) is 31.1 Å². The van der Waals surface area contributed by atoms with Gasteiger partial charge in [-0.05, 0) is 66.6 Å². The van der Waals surface area contributed by atoms with Gasteiger partial charge in [0.1, 0.15) is 5.75 Å². The summed E-state index contributed by atoms with van der Waals surface area (Å²) in [5.74, 6) is -0.970. The van der Waals surface area contributed by atoms with E-state index in [0.29, 0.717) is 50.9 Å². The Labute approximate surface area is 274 Å². The van der Waals surface area contributed by atoms with E-state index >= 15 is 0 Å². The lowest BCUT2D eigenvalue weighted by atomic mass is 9.81. The summed E-state index contributed by atoms with van der Waals surface area (Å²) in [6.45, 7) is 1.92. The number of nitrogens with zero attached hydrogens (tertiary/aromatic N) is 3. The second-order valence-corrected chi connectivity index (χ2v) is 15.2. The van der Waals surface area contributed by atoms with Gasteiger partial charge in [0, 0.05) is 61.7 Å². The van der Waals surface area contributed by atoms with Gasteiger partial charge in [-0.15, -0.1) is 0 Å². The molecule has 0 radical (unpaired) electrons. The highest BCUT2D eigenvalue weighted by molar-refractivity contribution is 7.87. The van der Waals surface area contributed by atoms with Crippen molar-refractivity contribution < 1.29 is 32.3 Å². The lowest BCUT2D eigenvalue weighted by Crippen LogP contribution is -2.52. The average molecular weight is 664 g/mol. The molecule has 3 fully saturated rings. The van der Waals surface area contributed by atoms with Gasteiger partial charge < -0.3 is 24.3 Å². The summed E-state index contributed by atoms with van der Waals surface area (Å²) in [6.07, 6.45) is 6.16. The van der Waals surface area contributed by atoms with Gasteiger partial charge in [0.25, 0.3) is 5.91 Å². The van der Waals surface area contributed by atoms with Crippen LogP contribution in [0.2, 0.25) is 0 Å². The van der Waals surface area contributed by atoms with Crippen molar-refractivity contribution in [2.45, 2.75) is 62.4 Å². The molecule has 250 valence electrons. The normalized spacial score (nSPS) is 22.6. The van der Waals surface area contributed by atoms with Crippen LogP contribution in [-0.4, -0.2) is 93.0 Å². The second-order valence-electron chi connectivity index (χ2n) is 13.4. The average Bonchev–Trinajstić information content (AvgIpc) is 3.71. The van der Waals surface area contributed by atoms with Crippen molar-refractivity contribution in [1.29, 1.82) is 0 Å². The van der Waals surface area contributed by atoms with E-state index in [1.54, 1.807) is 19.2 Å². The Hall–Kier alpha value is -3.94. The molecule has 3 heterocycles. The molecule has 2 atom stereocenters. The van der Waals surface area contributed by atoms with Crippen LogP contribution < -0.4 is 14.8 Å². The Kier molecular flexibility index (Phi) is 8.04. The van der Waals surface area contributed by atoms with Crippen molar-refractivity contribution in [3.63, 3.8) is 0 Å². The molecule has 47 heavy (non-hydrogen) atoms. The number of benzene rings is 2. The van der Waals surface area contributed by atoms with Crippen molar-refractivity contribution in [3.8, 4) is 17.0 Å². The maximum absolute atomic E-state index is 13.6. The zero-order chi connectivity index (χ0) is 33.1. The van der Waals surface area contributed by atoms with E-state index in [-0.39, 0.29) is 11.5 Å². The van der Waals surface area contributed by atoms with Crippen molar-refractivity contribution in [1.82, 2.24) is 23.8 Å². The second kappa shape index (κ2) is 11.9. The molecule has 2 aliphatic heterocycles. The quantitative estimate of drug-likeness (QED) is 0.387. The van der Waals surface area contributed by atoms with Crippen LogP contribution in [0, 0.1) is 0 Å². The third-order valence-corrected chi connectivity index (χ3v) is 11.7. The molecule has 4 aliphatic rings. The molecule has 2 unspecified atom stereocenters. The van der Waals surface area contributed by atoms with E-state index < -0.39 is 33.5 Å². The number of hydrogen-bond acceptors (Lipinski definition) is 7. The maximum Gasteiger partial charge on any atom is 0.312 e. The van der Waals surface area contributed by atoms with Crippen molar-refractivity contribution in [2.75, 3.05) is 47.5 Å². The monoisotopic (exact) mass is 663 g/mol. The minimum Gasteiger partial charge on any atom is -0.497 e. The van der Waals surface area contributed by atoms with Crippen LogP contribution >= 0.6 is 0 Å². The predicted molar refractivity (Wildman–Crippen MR) is 175 cm³/mol. The van der Waals surface area contributed by atoms with Gasteiger partial charge in [-0.1, -0.05) is 25.3 Å². The number of carbonyl (C=O) groups excluding carboxylic acids is 3. The highest BCUT2D eigenvalue weighted by atomic mass is 32.2. The fourth-order valence-corrected chi connectivity index (χ4v) is 8.29. The van der Waals surface area contributed by atoms with Gasteiger partial charge in [0.05, 0.1) is 31.6 Å². The van der Waals surface area contributed by atoms with E-state index in [2.05, 4.69) is 20.7 Å². The topological polar surface area (TPSA) is 139 Å². The molecular formula is C34H41N5O7S. The molecule has 12 nitrogen and oxygen atoms in total. The number of fused-ring (bicyclic) bond motifs is 7. The maximum atomic E-state index is 13.6. The molecule has 2 aromatic carbocycles. The first-order valence-electron chi connectivity index (χ1n) is 16.3. The van der Waals surface area contributed by atoms with E-state index in [4.69, 9.17) is 9.47 Å². The Morgan fingerprint density at radius 1 is 1.02 bits per heavy atom. The summed E-state index contributed by atoms with van der Waals surface area (Å²) < 4.78 is 41.4. The molecule has 3 amide bonds. The van der Waals surface area contributed by atoms with Gasteiger partial charge in [-0.25, -0.2) is 4.72 Å². The zero-order valence-corrected chi connectivity index (χ0v) is 27.8. The van der Waals surface area contributed by atoms with Crippen LogP contribution in [0.25, 0.3) is 22.2 Å². The first-order chi connectivity index (χ1) is 22.5. The van der Waals surface area contributed by atoms with Crippen LogP contribution in [0.1, 0.15) is 71.8 Å². The van der Waals surface area contributed by atoms with E-state index in [1.165, 1.54) is 31.0 Å². The summed E-state index contributed by atoms with van der Waals surface area (Å²) in [6, 6.07) is 11.4. The number of carbonyl (C=O) groups is 3. The Morgan fingerprint density at radius 2 is 1.77 bits per heavy atom. The van der Waals surface area contributed by atoms with Crippen LogP contribution in [0.5, 0.6) is 5.75 Å². The minimum absolute atomic E-state index is 0.0556. The zero-order valence-electron chi connectivity index (χ0n) is 27.0. The van der Waals surface area contributed by atoms with Gasteiger partial charge in [0.2, 0.25) is 0 Å². The lowest BCUT2D eigenvalue weighted by molar-refractivity contribution is -0.149. The summed E-state index contributed by atoms with van der Waals surface area (Å²) in [5.41, 5.74) is 4.62. The van der Waals surface area contributed by atoms with Crippen molar-refractivity contribution >= 4 is 38.8 Å². The molecule has 7 rings (SSSR count). The number of ether oxygens (including phenoxy) is 2. The Balaban J connectivity index is 1.38. The van der Waals surface area contributed by atoms with Crippen LogP contribution in [0.4, 0.5) is 0 Å². The Morgan fingerprint density at radius 3 is 2.47 bits per heavy atom. The highest BCUT2D eigenvalue weighted by Crippen LogP contribution is 2.59. The molecular weight excluding hydrogens is 622 g/mol. The van der Waals surface area contributed by atoms with Crippen LogP contribution in [0.15, 0.2) is 36.4 Å². The summed E-state index contributed by atoms with van der Waals surface area (Å²) in [4.78, 5) is 41.6. The number of methoxy groups -OCH3 is 1. The van der Waals surface area contributed by atoms with Crippen molar-refractivity contribution in [2.24, 2.45) is 0 Å². The van der Waals surface area contributed by atoms with E-state index in [0.717, 1.165) is 57.7 Å². The van der Waals surface area contributed by atoms with Crippen LogP contribution in [0.3, 0.4) is 0 Å². The highest BCUT2D eigenvalue weighted by Gasteiger charge is 2.59. The molecule has 0 spiro atoms. The fourth-order valence-electron chi connectivity index (χ4n) is 7.75. The van der Waals surface area contributed by atoms with Gasteiger partial charge >= 0.3 is 22.0 Å². The standard InChI is InChI=1S/C34H41N5O7S/c1-37(2)47(43,44)36-31(40)22-9-11-25-28(17-22)39-20-34(35-32(41)33(42)38-13-15-46-16-14-38)19-27(34)26-18-23(45-3)10-12-24(26)30(39)29(25)21-7-5-4-6-8-21/h9-12,17-18,21,27H,4-8,13-16,19-20H2,1-3H3,(H,35,41)(H,36,40). The number of aromatic nitrogens is 1. The summed E-state index contributed by atoms with van der Waals surface area (Å²) in [5, 5.41) is 4.17. The summed E-state index contributed by atoms with van der Waals surface area (Å²) in [7, 11) is 0.353. The number of amides is 3. The van der Waals surface area contributed by atoms with Gasteiger partial charge in [-0.3, -0.25) is 14.4 Å². The van der Waals surface area contributed by atoms with Crippen molar-refractivity contribution in [3.05, 3.63) is 53.1 Å². The predicted octanol–water partition coefficient (Wildman–Crippen LogP) is 3.12. The largest absolute Gasteiger partial charge is 0.497 e. The SMILES string of the molecule is COc1ccc2c(c1)C1CC1(NC(=O)C(=O)N1CCOCC1)Cn1c-2c(C2CCCCC2)c2ccc(C(=O)NS(=O)(=O)N(C)C)cc21. The number of morpholine rings is 1. The van der Waals surface area contributed by atoms with Gasteiger partial charge in [-0.2, -0.15) is 12.7 Å². The number of hydrogen-bond donors (Lipinski definition) is 2. The molecule has 2 aliphatic carbocycles.